The van der Waals surface area contributed by atoms with Crippen LogP contribution < -0.4 is 11.1 Å². The average molecular weight is 276 g/mol. The Balaban J connectivity index is 2.27. The molecule has 0 fully saturated rings. The van der Waals surface area contributed by atoms with E-state index in [-0.39, 0.29) is 5.91 Å². The zero-order valence-corrected chi connectivity index (χ0v) is 12.0. The van der Waals surface area contributed by atoms with Crippen LogP contribution in [-0.2, 0) is 6.42 Å². The zero-order valence-electron chi connectivity index (χ0n) is 11.2. The quantitative estimate of drug-likeness (QED) is 0.844. The van der Waals surface area contributed by atoms with Crippen LogP contribution in [0, 0.1) is 13.8 Å². The van der Waals surface area contributed by atoms with Gasteiger partial charge in [-0.2, -0.15) is 0 Å². The number of anilines is 2. The van der Waals surface area contributed by atoms with Crippen LogP contribution in [0.2, 0.25) is 0 Å². The van der Waals surface area contributed by atoms with Crippen LogP contribution in [0.4, 0.5) is 11.4 Å². The first-order valence-electron chi connectivity index (χ1n) is 6.02. The number of nitrogen functional groups attached to an aromatic ring is 1. The minimum Gasteiger partial charge on any atom is -0.397 e. The number of benzene rings is 1. The van der Waals surface area contributed by atoms with E-state index in [0.717, 1.165) is 22.7 Å². The van der Waals surface area contributed by atoms with E-state index in [1.54, 1.807) is 0 Å². The number of rotatable bonds is 3. The lowest BCUT2D eigenvalue weighted by Gasteiger charge is -2.10. The van der Waals surface area contributed by atoms with Crippen LogP contribution in [-0.4, -0.2) is 15.5 Å². The number of carbonyl (C=O) groups excluding carboxylic acids is 1. The fourth-order valence-electron chi connectivity index (χ4n) is 1.74. The van der Waals surface area contributed by atoms with E-state index >= 15 is 0 Å². The van der Waals surface area contributed by atoms with Crippen molar-refractivity contribution in [3.8, 4) is 0 Å². The van der Waals surface area contributed by atoms with Crippen molar-refractivity contribution in [3.63, 3.8) is 0 Å². The molecular weight excluding hydrogens is 260 g/mol. The van der Waals surface area contributed by atoms with Gasteiger partial charge >= 0.3 is 0 Å². The van der Waals surface area contributed by atoms with Gasteiger partial charge in [0.25, 0.3) is 5.91 Å². The molecule has 6 heteroatoms. The largest absolute Gasteiger partial charge is 0.397 e. The van der Waals surface area contributed by atoms with Gasteiger partial charge in [-0.05, 0) is 55.1 Å². The summed E-state index contributed by atoms with van der Waals surface area (Å²) in [6.07, 6.45) is 0.682. The minimum absolute atomic E-state index is 0.207. The van der Waals surface area contributed by atoms with Crippen molar-refractivity contribution in [3.05, 3.63) is 33.8 Å². The molecule has 0 aliphatic carbocycles. The summed E-state index contributed by atoms with van der Waals surface area (Å²) in [5.74, 6) is -0.207. The second-order valence-corrected chi connectivity index (χ2v) is 5.13. The van der Waals surface area contributed by atoms with Gasteiger partial charge in [0.05, 0.1) is 17.1 Å². The number of aryl methyl sites for hydroxylation is 3. The van der Waals surface area contributed by atoms with E-state index in [0.29, 0.717) is 28.4 Å². The van der Waals surface area contributed by atoms with Crippen LogP contribution in [0.25, 0.3) is 0 Å². The third-order valence-corrected chi connectivity index (χ3v) is 3.78. The van der Waals surface area contributed by atoms with E-state index in [2.05, 4.69) is 14.9 Å². The van der Waals surface area contributed by atoms with E-state index in [1.807, 2.05) is 32.9 Å². The van der Waals surface area contributed by atoms with Crippen LogP contribution in [0.5, 0.6) is 0 Å². The summed E-state index contributed by atoms with van der Waals surface area (Å²) in [5, 5.41) is 6.75. The van der Waals surface area contributed by atoms with Gasteiger partial charge in [-0.1, -0.05) is 11.4 Å². The monoisotopic (exact) mass is 276 g/mol. The lowest BCUT2D eigenvalue weighted by molar-refractivity contribution is 0.102. The molecule has 0 radical (unpaired) electrons. The first kappa shape index (κ1) is 13.5. The third kappa shape index (κ3) is 2.73. The van der Waals surface area contributed by atoms with Gasteiger partial charge in [-0.25, -0.2) is 0 Å². The van der Waals surface area contributed by atoms with E-state index in [1.165, 1.54) is 0 Å². The van der Waals surface area contributed by atoms with Gasteiger partial charge in [0.15, 0.2) is 0 Å². The number of amides is 1. The van der Waals surface area contributed by atoms with Crippen molar-refractivity contribution in [2.75, 3.05) is 11.1 Å². The molecule has 1 amide bonds. The lowest BCUT2D eigenvalue weighted by Crippen LogP contribution is -2.14. The number of hydrogen-bond donors (Lipinski definition) is 2. The maximum absolute atomic E-state index is 12.2. The molecule has 0 spiro atoms. The summed E-state index contributed by atoms with van der Waals surface area (Å²) in [7, 11) is 0. The predicted octanol–water partition coefficient (Wildman–Crippen LogP) is 2.55. The standard InChI is InChI=1S/C13H16N4OS/c1-4-10-12(19-17-16-10)13(18)15-11-6-8(3)7(2)5-9(11)14/h5-6H,4,14H2,1-3H3,(H,15,18). The molecule has 2 rings (SSSR count). The highest BCUT2D eigenvalue weighted by atomic mass is 32.1. The van der Waals surface area contributed by atoms with Crippen molar-refractivity contribution < 1.29 is 4.79 Å². The Kier molecular flexibility index (Phi) is 3.80. The Morgan fingerprint density at radius 2 is 2.05 bits per heavy atom. The predicted molar refractivity (Wildman–Crippen MR) is 77.6 cm³/mol. The molecule has 5 nitrogen and oxygen atoms in total. The first-order chi connectivity index (χ1) is 9.02. The normalized spacial score (nSPS) is 10.5. The highest BCUT2D eigenvalue weighted by molar-refractivity contribution is 7.08. The molecule has 1 heterocycles. The second-order valence-electron chi connectivity index (χ2n) is 4.38. The molecule has 19 heavy (non-hydrogen) atoms. The van der Waals surface area contributed by atoms with E-state index < -0.39 is 0 Å². The van der Waals surface area contributed by atoms with E-state index in [4.69, 9.17) is 5.73 Å². The van der Waals surface area contributed by atoms with Crippen molar-refractivity contribution in [1.82, 2.24) is 9.59 Å². The van der Waals surface area contributed by atoms with Crippen LogP contribution >= 0.6 is 11.5 Å². The molecule has 1 aromatic carbocycles. The fourth-order valence-corrected chi connectivity index (χ4v) is 2.38. The van der Waals surface area contributed by atoms with Gasteiger partial charge in [0.2, 0.25) is 0 Å². The molecule has 2 aromatic rings. The molecule has 0 atom stereocenters. The molecule has 0 saturated heterocycles. The van der Waals surface area contributed by atoms with Crippen molar-refractivity contribution >= 4 is 28.8 Å². The Labute approximate surface area is 116 Å². The Morgan fingerprint density at radius 3 is 2.74 bits per heavy atom. The van der Waals surface area contributed by atoms with Gasteiger partial charge in [0, 0.05) is 0 Å². The smallest absolute Gasteiger partial charge is 0.269 e. The number of nitrogens with one attached hydrogen (secondary N) is 1. The molecule has 3 N–H and O–H groups in total. The maximum Gasteiger partial charge on any atom is 0.269 e. The fraction of sp³-hybridized carbons (Fsp3) is 0.308. The van der Waals surface area contributed by atoms with Crippen molar-refractivity contribution in [2.45, 2.75) is 27.2 Å². The molecule has 0 unspecified atom stereocenters. The van der Waals surface area contributed by atoms with Gasteiger partial charge < -0.3 is 11.1 Å². The Hall–Kier alpha value is -1.95. The highest BCUT2D eigenvalue weighted by Crippen LogP contribution is 2.24. The van der Waals surface area contributed by atoms with Gasteiger partial charge in [-0.3, -0.25) is 4.79 Å². The summed E-state index contributed by atoms with van der Waals surface area (Å²) >= 11 is 1.10. The SMILES string of the molecule is CCc1nnsc1C(=O)Nc1cc(C)c(C)cc1N. The second kappa shape index (κ2) is 5.36. The summed E-state index contributed by atoms with van der Waals surface area (Å²) in [5.41, 5.74) is 10.0. The molecule has 0 aliphatic heterocycles. The van der Waals surface area contributed by atoms with Crippen LogP contribution in [0.3, 0.4) is 0 Å². The molecule has 0 saturated carbocycles. The average Bonchev–Trinajstić information content (AvgIpc) is 2.84. The minimum atomic E-state index is -0.207. The number of hydrogen-bond acceptors (Lipinski definition) is 5. The number of carbonyl (C=O) groups is 1. The lowest BCUT2D eigenvalue weighted by atomic mass is 10.1. The first-order valence-corrected chi connectivity index (χ1v) is 6.79. The summed E-state index contributed by atoms with van der Waals surface area (Å²) in [6, 6.07) is 3.74. The maximum atomic E-state index is 12.2. The summed E-state index contributed by atoms with van der Waals surface area (Å²) in [6.45, 7) is 5.91. The number of nitrogens with zero attached hydrogens (tertiary/aromatic N) is 2. The third-order valence-electron chi connectivity index (χ3n) is 3.01. The number of nitrogens with two attached hydrogens (primary N) is 1. The molecule has 100 valence electrons. The highest BCUT2D eigenvalue weighted by Gasteiger charge is 2.16. The van der Waals surface area contributed by atoms with Crippen LogP contribution in [0.1, 0.15) is 33.4 Å². The molecule has 1 aromatic heterocycles. The van der Waals surface area contributed by atoms with Gasteiger partial charge in [-0.15, -0.1) is 5.10 Å². The summed E-state index contributed by atoms with van der Waals surface area (Å²) < 4.78 is 3.81. The number of aromatic nitrogens is 2. The molecular formula is C13H16N4OS. The Morgan fingerprint density at radius 1 is 1.37 bits per heavy atom. The summed E-state index contributed by atoms with van der Waals surface area (Å²) in [4.78, 5) is 12.7. The topological polar surface area (TPSA) is 80.9 Å². The molecule has 0 bridgehead atoms. The van der Waals surface area contributed by atoms with E-state index in [9.17, 15) is 4.79 Å². The Bertz CT molecular complexity index is 621. The van der Waals surface area contributed by atoms with Crippen LogP contribution in [0.15, 0.2) is 12.1 Å². The zero-order chi connectivity index (χ0) is 14.0. The van der Waals surface area contributed by atoms with Crippen molar-refractivity contribution in [2.24, 2.45) is 0 Å². The van der Waals surface area contributed by atoms with Gasteiger partial charge in [0.1, 0.15) is 4.88 Å². The van der Waals surface area contributed by atoms with Crippen molar-refractivity contribution in [1.29, 1.82) is 0 Å². The molecule has 0 aliphatic rings.